The maximum absolute atomic E-state index is 3.27. The van der Waals surface area contributed by atoms with Crippen LogP contribution in [0.3, 0.4) is 0 Å². The van der Waals surface area contributed by atoms with Gasteiger partial charge in [-0.15, -0.1) is 23.5 Å². The Kier molecular flexibility index (Phi) is 5.85. The van der Waals surface area contributed by atoms with Crippen molar-refractivity contribution < 1.29 is 0 Å². The summed E-state index contributed by atoms with van der Waals surface area (Å²) in [4.78, 5) is 1.96. The monoisotopic (exact) mass is 252 g/mol. The zero-order valence-corrected chi connectivity index (χ0v) is 9.68. The molecule has 0 radical (unpaired) electrons. The molecule has 0 aromatic carbocycles. The number of unbranched alkanes of at least 4 members (excludes halogenated alkanes) is 1. The lowest BCUT2D eigenvalue weighted by molar-refractivity contribution is 0.807. The minimum Gasteiger partial charge on any atom is -0.147 e. The van der Waals surface area contributed by atoms with E-state index in [0.29, 0.717) is 0 Å². The van der Waals surface area contributed by atoms with E-state index in [4.69, 9.17) is 0 Å². The highest BCUT2D eigenvalue weighted by molar-refractivity contribution is 9.11. The number of hydrogen-bond donors (Lipinski definition) is 0. The molecular formula is C8H13BrS2. The van der Waals surface area contributed by atoms with Crippen molar-refractivity contribution in [3.8, 4) is 0 Å². The van der Waals surface area contributed by atoms with Crippen molar-refractivity contribution in [1.82, 2.24) is 0 Å². The highest BCUT2D eigenvalue weighted by Gasteiger charge is 2.14. The smallest absolute Gasteiger partial charge is 0.0503 e. The standard InChI is InChI=1S/C8H13BrS2/c9-5-3-1-2-4-8-10-6-7-11-8/h3,5,8H,1-2,4,6-7H2/b5-3+. The summed E-state index contributed by atoms with van der Waals surface area (Å²) < 4.78 is 0.902. The summed E-state index contributed by atoms with van der Waals surface area (Å²) in [5.41, 5.74) is 0. The highest BCUT2D eigenvalue weighted by Crippen LogP contribution is 2.35. The van der Waals surface area contributed by atoms with Crippen LogP contribution < -0.4 is 0 Å². The minimum atomic E-state index is 0.902. The van der Waals surface area contributed by atoms with Gasteiger partial charge in [0.25, 0.3) is 0 Å². The molecule has 0 aromatic rings. The van der Waals surface area contributed by atoms with Crippen molar-refractivity contribution in [3.05, 3.63) is 11.1 Å². The molecule has 0 aliphatic carbocycles. The minimum absolute atomic E-state index is 0.902. The van der Waals surface area contributed by atoms with E-state index < -0.39 is 0 Å². The molecule has 3 heteroatoms. The van der Waals surface area contributed by atoms with Gasteiger partial charge < -0.3 is 0 Å². The number of hydrogen-bond acceptors (Lipinski definition) is 2. The third-order valence-corrected chi connectivity index (χ3v) is 5.13. The van der Waals surface area contributed by atoms with E-state index in [1.54, 1.807) is 0 Å². The normalized spacial score (nSPS) is 20.1. The molecule has 0 aromatic heterocycles. The van der Waals surface area contributed by atoms with Crippen LogP contribution in [0.4, 0.5) is 0 Å². The van der Waals surface area contributed by atoms with Crippen molar-refractivity contribution >= 4 is 39.5 Å². The average Bonchev–Trinajstić information content (AvgIpc) is 2.50. The summed E-state index contributed by atoms with van der Waals surface area (Å²) in [5.74, 6) is 2.73. The lowest BCUT2D eigenvalue weighted by atomic mass is 10.2. The van der Waals surface area contributed by atoms with Gasteiger partial charge in [-0.05, 0) is 24.2 Å². The molecule has 1 aliphatic heterocycles. The second-order valence-electron chi connectivity index (χ2n) is 2.46. The SMILES string of the molecule is Br/C=C/CCCC1SCCS1. The maximum Gasteiger partial charge on any atom is 0.0503 e. The fourth-order valence-corrected chi connectivity index (χ4v) is 4.23. The topological polar surface area (TPSA) is 0 Å². The molecule has 1 rings (SSSR count). The average molecular weight is 253 g/mol. The molecule has 0 unspecified atom stereocenters. The summed E-state index contributed by atoms with van der Waals surface area (Å²) in [6.07, 6.45) is 6.13. The Labute approximate surface area is 85.7 Å². The first kappa shape index (κ1) is 10.0. The molecule has 0 N–H and O–H groups in total. The van der Waals surface area contributed by atoms with E-state index in [0.717, 1.165) is 4.58 Å². The molecule has 0 spiro atoms. The van der Waals surface area contributed by atoms with Crippen molar-refractivity contribution in [3.63, 3.8) is 0 Å². The van der Waals surface area contributed by atoms with Crippen LogP contribution in [0.25, 0.3) is 0 Å². The Morgan fingerprint density at radius 1 is 1.36 bits per heavy atom. The van der Waals surface area contributed by atoms with Gasteiger partial charge in [0.2, 0.25) is 0 Å². The third-order valence-electron chi connectivity index (χ3n) is 1.59. The molecule has 1 heterocycles. The van der Waals surface area contributed by atoms with Gasteiger partial charge in [0.1, 0.15) is 0 Å². The number of allylic oxidation sites excluding steroid dienone is 1. The van der Waals surface area contributed by atoms with Crippen LogP contribution in [0.5, 0.6) is 0 Å². The van der Waals surface area contributed by atoms with Gasteiger partial charge in [0.05, 0.1) is 4.58 Å². The Bertz CT molecular complexity index is 119. The van der Waals surface area contributed by atoms with Crippen LogP contribution in [0, 0.1) is 0 Å². The largest absolute Gasteiger partial charge is 0.147 e. The van der Waals surface area contributed by atoms with Crippen molar-refractivity contribution in [1.29, 1.82) is 0 Å². The Morgan fingerprint density at radius 2 is 2.09 bits per heavy atom. The van der Waals surface area contributed by atoms with Gasteiger partial charge >= 0.3 is 0 Å². The molecule has 0 amide bonds. The van der Waals surface area contributed by atoms with Gasteiger partial charge in [-0.1, -0.05) is 22.0 Å². The van der Waals surface area contributed by atoms with Crippen LogP contribution in [0.1, 0.15) is 19.3 Å². The predicted molar refractivity (Wildman–Crippen MR) is 60.6 cm³/mol. The number of thioether (sulfide) groups is 2. The zero-order valence-electron chi connectivity index (χ0n) is 6.46. The summed E-state index contributed by atoms with van der Waals surface area (Å²) in [6, 6.07) is 0. The second kappa shape index (κ2) is 6.44. The lowest BCUT2D eigenvalue weighted by Crippen LogP contribution is -1.89. The molecule has 64 valence electrons. The summed E-state index contributed by atoms with van der Waals surface area (Å²) in [7, 11) is 0. The molecule has 11 heavy (non-hydrogen) atoms. The molecule has 1 aliphatic rings. The fourth-order valence-electron chi connectivity index (χ4n) is 1.04. The van der Waals surface area contributed by atoms with E-state index >= 15 is 0 Å². The van der Waals surface area contributed by atoms with Gasteiger partial charge in [-0.2, -0.15) is 0 Å². The summed E-state index contributed by atoms with van der Waals surface area (Å²) in [5, 5.41) is 0. The third kappa shape index (κ3) is 4.48. The van der Waals surface area contributed by atoms with E-state index in [-0.39, 0.29) is 0 Å². The Morgan fingerprint density at radius 3 is 2.73 bits per heavy atom. The van der Waals surface area contributed by atoms with Crippen LogP contribution in [0.15, 0.2) is 11.1 Å². The molecule has 0 atom stereocenters. The van der Waals surface area contributed by atoms with Crippen molar-refractivity contribution in [2.75, 3.05) is 11.5 Å². The molecular weight excluding hydrogens is 240 g/mol. The first-order chi connectivity index (χ1) is 5.43. The molecule has 0 bridgehead atoms. The highest BCUT2D eigenvalue weighted by atomic mass is 79.9. The molecule has 0 nitrogen and oxygen atoms in total. The van der Waals surface area contributed by atoms with Gasteiger partial charge in [0.15, 0.2) is 0 Å². The van der Waals surface area contributed by atoms with Crippen molar-refractivity contribution in [2.45, 2.75) is 23.8 Å². The van der Waals surface area contributed by atoms with E-state index in [1.165, 1.54) is 30.8 Å². The second-order valence-corrected chi connectivity index (χ2v) is 5.91. The van der Waals surface area contributed by atoms with E-state index in [9.17, 15) is 0 Å². The molecule has 0 saturated carbocycles. The van der Waals surface area contributed by atoms with Crippen LogP contribution in [0.2, 0.25) is 0 Å². The lowest BCUT2D eigenvalue weighted by Gasteiger charge is -2.04. The quantitative estimate of drug-likeness (QED) is 0.697. The molecule has 1 fully saturated rings. The Balaban J connectivity index is 1.93. The zero-order chi connectivity index (χ0) is 7.94. The van der Waals surface area contributed by atoms with Gasteiger partial charge in [-0.3, -0.25) is 0 Å². The maximum atomic E-state index is 3.27. The number of halogens is 1. The van der Waals surface area contributed by atoms with E-state index in [1.807, 2.05) is 4.99 Å². The predicted octanol–water partition coefficient (Wildman–Crippen LogP) is 3.87. The van der Waals surface area contributed by atoms with Crippen LogP contribution >= 0.6 is 39.5 Å². The molecule has 1 saturated heterocycles. The summed E-state index contributed by atoms with van der Waals surface area (Å²) in [6.45, 7) is 0. The van der Waals surface area contributed by atoms with Crippen LogP contribution in [-0.2, 0) is 0 Å². The first-order valence-electron chi connectivity index (χ1n) is 3.92. The fraction of sp³-hybridized carbons (Fsp3) is 0.750. The van der Waals surface area contributed by atoms with Gasteiger partial charge in [-0.25, -0.2) is 0 Å². The van der Waals surface area contributed by atoms with Gasteiger partial charge in [0, 0.05) is 11.5 Å². The van der Waals surface area contributed by atoms with Crippen LogP contribution in [-0.4, -0.2) is 16.1 Å². The first-order valence-corrected chi connectivity index (χ1v) is 6.93. The Hall–Kier alpha value is 0.920. The van der Waals surface area contributed by atoms with E-state index in [2.05, 4.69) is 45.5 Å². The number of rotatable bonds is 4. The van der Waals surface area contributed by atoms with Crippen molar-refractivity contribution in [2.24, 2.45) is 0 Å². The summed E-state index contributed by atoms with van der Waals surface area (Å²) >= 11 is 7.53.